The molecule has 7 nitrogen and oxygen atoms in total. The number of hydrogen-bond donors (Lipinski definition) is 1. The van der Waals surface area contributed by atoms with Crippen LogP contribution in [0.1, 0.15) is 21.7 Å². The van der Waals surface area contributed by atoms with E-state index in [0.29, 0.717) is 18.7 Å². The summed E-state index contributed by atoms with van der Waals surface area (Å²) in [7, 11) is 0. The molecule has 0 spiro atoms. The van der Waals surface area contributed by atoms with E-state index in [9.17, 15) is 4.79 Å². The summed E-state index contributed by atoms with van der Waals surface area (Å²) >= 11 is 0. The van der Waals surface area contributed by atoms with Gasteiger partial charge in [-0.3, -0.25) is 9.36 Å². The molecule has 0 saturated carbocycles. The van der Waals surface area contributed by atoms with Gasteiger partial charge in [-0.2, -0.15) is 0 Å². The monoisotopic (exact) mass is 294 g/mol. The molecule has 0 fully saturated rings. The zero-order valence-corrected chi connectivity index (χ0v) is 11.8. The Morgan fingerprint density at radius 2 is 1.91 bits per heavy atom. The van der Waals surface area contributed by atoms with Crippen molar-refractivity contribution in [3.63, 3.8) is 0 Å². The first-order chi connectivity index (χ1) is 10.8. The second kappa shape index (κ2) is 5.10. The average molecular weight is 294 g/mol. The minimum atomic E-state index is 0.0376. The SMILES string of the molecule is O=C(c1ccc(-n2cnnc2)cc1)N1CCc2nc[nH]c2C1. The molecule has 0 unspecified atom stereocenters. The van der Waals surface area contributed by atoms with Crippen LogP contribution in [-0.2, 0) is 13.0 Å². The predicted molar refractivity (Wildman–Crippen MR) is 78.4 cm³/mol. The molecule has 1 amide bonds. The molecular formula is C15H14N6O. The van der Waals surface area contributed by atoms with Crippen LogP contribution < -0.4 is 0 Å². The maximum Gasteiger partial charge on any atom is 0.254 e. The third-order valence-corrected chi connectivity index (χ3v) is 3.89. The minimum absolute atomic E-state index is 0.0376. The number of rotatable bonds is 2. The molecule has 0 saturated heterocycles. The number of nitrogens with zero attached hydrogens (tertiary/aromatic N) is 5. The lowest BCUT2D eigenvalue weighted by molar-refractivity contribution is 0.0732. The molecule has 110 valence electrons. The van der Waals surface area contributed by atoms with E-state index in [0.717, 1.165) is 23.5 Å². The molecule has 2 aromatic heterocycles. The fourth-order valence-corrected chi connectivity index (χ4v) is 2.68. The molecule has 7 heteroatoms. The largest absolute Gasteiger partial charge is 0.347 e. The molecular weight excluding hydrogens is 280 g/mol. The number of carbonyl (C=O) groups excluding carboxylic acids is 1. The number of hydrogen-bond acceptors (Lipinski definition) is 4. The highest BCUT2D eigenvalue weighted by Gasteiger charge is 2.23. The summed E-state index contributed by atoms with van der Waals surface area (Å²) in [5, 5.41) is 7.55. The van der Waals surface area contributed by atoms with Gasteiger partial charge in [0.2, 0.25) is 0 Å². The van der Waals surface area contributed by atoms with Gasteiger partial charge in [0.25, 0.3) is 5.91 Å². The quantitative estimate of drug-likeness (QED) is 0.770. The van der Waals surface area contributed by atoms with Crippen LogP contribution in [-0.4, -0.2) is 42.1 Å². The molecule has 3 heterocycles. The number of carbonyl (C=O) groups is 1. The first-order valence-corrected chi connectivity index (χ1v) is 7.07. The zero-order valence-electron chi connectivity index (χ0n) is 11.8. The number of aromatic nitrogens is 5. The molecule has 3 aromatic rings. The predicted octanol–water partition coefficient (Wildman–Crippen LogP) is 1.19. The van der Waals surface area contributed by atoms with E-state index in [2.05, 4.69) is 20.2 Å². The lowest BCUT2D eigenvalue weighted by Gasteiger charge is -2.26. The summed E-state index contributed by atoms with van der Waals surface area (Å²) in [6.07, 6.45) is 5.73. The summed E-state index contributed by atoms with van der Waals surface area (Å²) in [4.78, 5) is 21.8. The maximum absolute atomic E-state index is 12.6. The van der Waals surface area contributed by atoms with E-state index in [1.807, 2.05) is 29.2 Å². The van der Waals surface area contributed by atoms with Crippen molar-refractivity contribution in [2.24, 2.45) is 0 Å². The van der Waals surface area contributed by atoms with Gasteiger partial charge < -0.3 is 9.88 Å². The molecule has 22 heavy (non-hydrogen) atoms. The van der Waals surface area contributed by atoms with Gasteiger partial charge in [-0.05, 0) is 24.3 Å². The molecule has 0 aliphatic carbocycles. The van der Waals surface area contributed by atoms with Crippen molar-refractivity contribution in [2.45, 2.75) is 13.0 Å². The number of amides is 1. The first-order valence-electron chi connectivity index (χ1n) is 7.07. The van der Waals surface area contributed by atoms with Crippen molar-refractivity contribution in [1.82, 2.24) is 29.6 Å². The normalized spacial score (nSPS) is 13.9. The minimum Gasteiger partial charge on any atom is -0.347 e. The van der Waals surface area contributed by atoms with Gasteiger partial charge in [0.15, 0.2) is 0 Å². The second-order valence-corrected chi connectivity index (χ2v) is 5.22. The van der Waals surface area contributed by atoms with Gasteiger partial charge >= 0.3 is 0 Å². The third kappa shape index (κ3) is 2.16. The van der Waals surface area contributed by atoms with Crippen LogP contribution >= 0.6 is 0 Å². The van der Waals surface area contributed by atoms with Gasteiger partial charge in [0.1, 0.15) is 12.7 Å². The Bertz CT molecular complexity index is 790. The van der Waals surface area contributed by atoms with E-state index in [4.69, 9.17) is 0 Å². The van der Waals surface area contributed by atoms with Crippen LogP contribution in [0, 0.1) is 0 Å². The van der Waals surface area contributed by atoms with E-state index in [-0.39, 0.29) is 5.91 Å². The Morgan fingerprint density at radius 3 is 2.68 bits per heavy atom. The van der Waals surface area contributed by atoms with Gasteiger partial charge in [-0.1, -0.05) is 0 Å². The van der Waals surface area contributed by atoms with Crippen LogP contribution in [0.4, 0.5) is 0 Å². The van der Waals surface area contributed by atoms with Crippen LogP contribution in [0.2, 0.25) is 0 Å². The van der Waals surface area contributed by atoms with Crippen molar-refractivity contribution >= 4 is 5.91 Å². The van der Waals surface area contributed by atoms with Gasteiger partial charge in [-0.15, -0.1) is 10.2 Å². The fraction of sp³-hybridized carbons (Fsp3) is 0.200. The van der Waals surface area contributed by atoms with Crippen LogP contribution in [0.15, 0.2) is 43.2 Å². The van der Waals surface area contributed by atoms with E-state index in [1.54, 1.807) is 23.5 Å². The Labute approximate surface area is 126 Å². The van der Waals surface area contributed by atoms with Gasteiger partial charge in [0, 0.05) is 24.2 Å². The number of benzene rings is 1. The van der Waals surface area contributed by atoms with Gasteiger partial charge in [0.05, 0.1) is 24.3 Å². The number of H-pyrrole nitrogens is 1. The summed E-state index contributed by atoms with van der Waals surface area (Å²) in [5.74, 6) is 0.0376. The Hall–Kier alpha value is -2.96. The molecule has 4 rings (SSSR count). The third-order valence-electron chi connectivity index (χ3n) is 3.89. The molecule has 1 aromatic carbocycles. The van der Waals surface area contributed by atoms with Crippen molar-refractivity contribution in [2.75, 3.05) is 6.54 Å². The Balaban J connectivity index is 1.54. The summed E-state index contributed by atoms with van der Waals surface area (Å²) < 4.78 is 1.80. The highest BCUT2D eigenvalue weighted by molar-refractivity contribution is 5.94. The highest BCUT2D eigenvalue weighted by atomic mass is 16.2. The Kier molecular flexibility index (Phi) is 2.96. The average Bonchev–Trinajstić information content (AvgIpc) is 3.25. The smallest absolute Gasteiger partial charge is 0.254 e. The first kappa shape index (κ1) is 12.8. The number of fused-ring (bicyclic) bond motifs is 1. The number of imidazole rings is 1. The molecule has 1 N–H and O–H groups in total. The second-order valence-electron chi connectivity index (χ2n) is 5.22. The number of nitrogens with one attached hydrogen (secondary N) is 1. The zero-order chi connectivity index (χ0) is 14.9. The summed E-state index contributed by atoms with van der Waals surface area (Å²) in [6, 6.07) is 7.45. The van der Waals surface area contributed by atoms with Crippen LogP contribution in [0.3, 0.4) is 0 Å². The van der Waals surface area contributed by atoms with E-state index >= 15 is 0 Å². The highest BCUT2D eigenvalue weighted by Crippen LogP contribution is 2.18. The van der Waals surface area contributed by atoms with Crippen molar-refractivity contribution in [1.29, 1.82) is 0 Å². The summed E-state index contributed by atoms with van der Waals surface area (Å²) in [6.45, 7) is 1.28. The summed E-state index contributed by atoms with van der Waals surface area (Å²) in [5.41, 5.74) is 3.70. The van der Waals surface area contributed by atoms with Gasteiger partial charge in [-0.25, -0.2) is 4.98 Å². The standard InChI is InChI=1S/C15H14N6O/c22-15(20-6-5-13-14(7-20)17-8-16-13)11-1-3-12(4-2-11)21-9-18-19-10-21/h1-4,8-10H,5-7H2,(H,16,17). The lowest BCUT2D eigenvalue weighted by atomic mass is 10.1. The topological polar surface area (TPSA) is 79.7 Å². The molecule has 0 atom stereocenters. The van der Waals surface area contributed by atoms with E-state index < -0.39 is 0 Å². The maximum atomic E-state index is 12.6. The van der Waals surface area contributed by atoms with Crippen LogP contribution in [0.25, 0.3) is 5.69 Å². The Morgan fingerprint density at radius 1 is 1.14 bits per heavy atom. The molecule has 0 radical (unpaired) electrons. The van der Waals surface area contributed by atoms with Crippen molar-refractivity contribution in [3.8, 4) is 5.69 Å². The lowest BCUT2D eigenvalue weighted by Crippen LogP contribution is -2.36. The fourth-order valence-electron chi connectivity index (χ4n) is 2.68. The van der Waals surface area contributed by atoms with Crippen molar-refractivity contribution in [3.05, 3.63) is 60.2 Å². The molecule has 0 bridgehead atoms. The number of aromatic amines is 1. The molecule has 1 aliphatic heterocycles. The van der Waals surface area contributed by atoms with Crippen molar-refractivity contribution < 1.29 is 4.79 Å². The van der Waals surface area contributed by atoms with E-state index in [1.165, 1.54) is 0 Å². The van der Waals surface area contributed by atoms with Crippen LogP contribution in [0.5, 0.6) is 0 Å². The molecule has 1 aliphatic rings.